The van der Waals surface area contributed by atoms with Gasteiger partial charge in [0, 0.05) is 55.5 Å². The summed E-state index contributed by atoms with van der Waals surface area (Å²) in [6, 6.07) is 8.56. The van der Waals surface area contributed by atoms with E-state index in [2.05, 4.69) is 52.0 Å². The molecule has 0 unspecified atom stereocenters. The van der Waals surface area contributed by atoms with Crippen LogP contribution in [-0.2, 0) is 6.54 Å². The van der Waals surface area contributed by atoms with Crippen LogP contribution >= 0.6 is 11.8 Å². The highest BCUT2D eigenvalue weighted by atomic mass is 32.2. The van der Waals surface area contributed by atoms with Gasteiger partial charge in [-0.1, -0.05) is 12.1 Å². The highest BCUT2D eigenvalue weighted by Crippen LogP contribution is 2.29. The standard InChI is InChI=1S/C20H31N3S/c1-16-13-17(15-22-9-11-24-12-10-22)4-5-20(16)21-18-6-8-23-7-2-3-19(23)14-18/h4-5,13,18-19,21H,2-3,6-12,14-15H2,1H3/t18-,19-/m0/s1. The Hall–Kier alpha value is -0.710. The lowest BCUT2D eigenvalue weighted by molar-refractivity contribution is 0.188. The molecule has 0 bridgehead atoms. The first-order chi connectivity index (χ1) is 11.8. The van der Waals surface area contributed by atoms with Crippen LogP contribution in [0.15, 0.2) is 18.2 Å². The average molecular weight is 346 g/mol. The second-order valence-corrected chi connectivity index (χ2v) is 8.96. The van der Waals surface area contributed by atoms with Gasteiger partial charge in [-0.2, -0.15) is 11.8 Å². The minimum absolute atomic E-state index is 0.660. The second-order valence-electron chi connectivity index (χ2n) is 7.74. The lowest BCUT2D eigenvalue weighted by atomic mass is 9.97. The molecule has 4 heteroatoms. The summed E-state index contributed by atoms with van der Waals surface area (Å²) in [7, 11) is 0. The molecule has 3 aliphatic heterocycles. The van der Waals surface area contributed by atoms with Crippen LogP contribution in [0.25, 0.3) is 0 Å². The van der Waals surface area contributed by atoms with Gasteiger partial charge >= 0.3 is 0 Å². The Morgan fingerprint density at radius 2 is 2.00 bits per heavy atom. The van der Waals surface area contributed by atoms with E-state index in [0.717, 1.165) is 12.6 Å². The van der Waals surface area contributed by atoms with Crippen molar-refractivity contribution >= 4 is 17.4 Å². The highest BCUT2D eigenvalue weighted by molar-refractivity contribution is 7.99. The zero-order valence-electron chi connectivity index (χ0n) is 15.0. The number of nitrogens with one attached hydrogen (secondary N) is 1. The number of nitrogens with zero attached hydrogens (tertiary/aromatic N) is 2. The molecule has 24 heavy (non-hydrogen) atoms. The molecule has 3 fully saturated rings. The topological polar surface area (TPSA) is 18.5 Å². The zero-order chi connectivity index (χ0) is 16.4. The number of hydrogen-bond acceptors (Lipinski definition) is 4. The van der Waals surface area contributed by atoms with Gasteiger partial charge in [-0.15, -0.1) is 0 Å². The Balaban J connectivity index is 1.35. The molecule has 0 radical (unpaired) electrons. The van der Waals surface area contributed by atoms with Crippen LogP contribution in [0, 0.1) is 6.92 Å². The lowest BCUT2D eigenvalue weighted by Gasteiger charge is -2.36. The molecule has 1 N–H and O–H groups in total. The molecule has 3 saturated heterocycles. The van der Waals surface area contributed by atoms with Gasteiger partial charge in [0.2, 0.25) is 0 Å². The number of anilines is 1. The third-order valence-corrected chi connectivity index (χ3v) is 6.92. The van der Waals surface area contributed by atoms with Gasteiger partial charge in [-0.25, -0.2) is 0 Å². The second kappa shape index (κ2) is 7.67. The minimum Gasteiger partial charge on any atom is -0.382 e. The molecule has 0 amide bonds. The molecular formula is C20H31N3S. The zero-order valence-corrected chi connectivity index (χ0v) is 15.8. The SMILES string of the molecule is Cc1cc(CN2CCSCC2)ccc1N[C@H]1CCN2CCC[C@H]2C1. The predicted octanol–water partition coefficient (Wildman–Crippen LogP) is 3.58. The van der Waals surface area contributed by atoms with Crippen molar-refractivity contribution in [2.45, 2.75) is 51.2 Å². The summed E-state index contributed by atoms with van der Waals surface area (Å²) in [5, 5.41) is 3.85. The predicted molar refractivity (Wildman–Crippen MR) is 105 cm³/mol. The molecule has 0 spiro atoms. The van der Waals surface area contributed by atoms with Gasteiger partial charge in [-0.3, -0.25) is 4.90 Å². The fraction of sp³-hybridized carbons (Fsp3) is 0.700. The highest BCUT2D eigenvalue weighted by Gasteiger charge is 2.31. The van der Waals surface area contributed by atoms with Gasteiger partial charge in [0.15, 0.2) is 0 Å². The van der Waals surface area contributed by atoms with Crippen molar-refractivity contribution in [1.82, 2.24) is 9.80 Å². The molecule has 2 atom stereocenters. The van der Waals surface area contributed by atoms with E-state index in [0.29, 0.717) is 6.04 Å². The third-order valence-electron chi connectivity index (χ3n) is 5.98. The van der Waals surface area contributed by atoms with Gasteiger partial charge < -0.3 is 10.2 Å². The van der Waals surface area contributed by atoms with Crippen LogP contribution in [0.2, 0.25) is 0 Å². The maximum Gasteiger partial charge on any atom is 0.0372 e. The van der Waals surface area contributed by atoms with Crippen molar-refractivity contribution in [3.05, 3.63) is 29.3 Å². The van der Waals surface area contributed by atoms with Crippen LogP contribution in [-0.4, -0.2) is 59.6 Å². The Morgan fingerprint density at radius 3 is 2.83 bits per heavy atom. The van der Waals surface area contributed by atoms with Gasteiger partial charge in [0.1, 0.15) is 0 Å². The Kier molecular flexibility index (Phi) is 5.35. The Labute approximate surface area is 151 Å². The average Bonchev–Trinajstić information content (AvgIpc) is 3.06. The number of aryl methyl sites for hydroxylation is 1. The molecule has 0 aromatic heterocycles. The summed E-state index contributed by atoms with van der Waals surface area (Å²) in [6.45, 7) is 8.48. The van der Waals surface area contributed by atoms with E-state index >= 15 is 0 Å². The van der Waals surface area contributed by atoms with E-state index in [1.807, 2.05) is 0 Å². The molecule has 3 aliphatic rings. The largest absolute Gasteiger partial charge is 0.382 e. The molecular weight excluding hydrogens is 314 g/mol. The Morgan fingerprint density at radius 1 is 1.12 bits per heavy atom. The molecule has 4 rings (SSSR count). The monoisotopic (exact) mass is 345 g/mol. The molecule has 0 saturated carbocycles. The third kappa shape index (κ3) is 3.92. The number of fused-ring (bicyclic) bond motifs is 1. The number of hydrogen-bond donors (Lipinski definition) is 1. The first-order valence-corrected chi connectivity index (χ1v) is 10.8. The minimum atomic E-state index is 0.660. The number of benzene rings is 1. The van der Waals surface area contributed by atoms with E-state index in [9.17, 15) is 0 Å². The van der Waals surface area contributed by atoms with Crippen LogP contribution in [0.1, 0.15) is 36.8 Å². The Bertz CT molecular complexity index is 556. The summed E-state index contributed by atoms with van der Waals surface area (Å²) in [5.74, 6) is 2.58. The van der Waals surface area contributed by atoms with Crippen LogP contribution < -0.4 is 5.32 Å². The molecule has 1 aromatic carbocycles. The van der Waals surface area contributed by atoms with E-state index < -0.39 is 0 Å². The van der Waals surface area contributed by atoms with E-state index in [-0.39, 0.29) is 0 Å². The molecule has 1 aromatic rings. The maximum atomic E-state index is 3.85. The van der Waals surface area contributed by atoms with Crippen molar-refractivity contribution in [2.24, 2.45) is 0 Å². The first-order valence-electron chi connectivity index (χ1n) is 9.68. The fourth-order valence-corrected chi connectivity index (χ4v) is 5.56. The van der Waals surface area contributed by atoms with Gasteiger partial charge in [0.25, 0.3) is 0 Å². The van der Waals surface area contributed by atoms with Gasteiger partial charge in [-0.05, 0) is 56.3 Å². The van der Waals surface area contributed by atoms with E-state index in [1.54, 1.807) is 0 Å². The number of piperidine rings is 1. The van der Waals surface area contributed by atoms with Crippen molar-refractivity contribution in [2.75, 3.05) is 43.0 Å². The summed E-state index contributed by atoms with van der Waals surface area (Å²) in [5.41, 5.74) is 4.23. The number of rotatable bonds is 4. The molecule has 3 heterocycles. The molecule has 0 aliphatic carbocycles. The summed E-state index contributed by atoms with van der Waals surface area (Å²) >= 11 is 2.09. The van der Waals surface area contributed by atoms with Crippen molar-refractivity contribution < 1.29 is 0 Å². The van der Waals surface area contributed by atoms with E-state index in [4.69, 9.17) is 0 Å². The smallest absolute Gasteiger partial charge is 0.0372 e. The summed E-state index contributed by atoms with van der Waals surface area (Å²) in [6.07, 6.45) is 5.43. The lowest BCUT2D eigenvalue weighted by Crippen LogP contribution is -2.42. The summed E-state index contributed by atoms with van der Waals surface area (Å²) < 4.78 is 0. The van der Waals surface area contributed by atoms with Crippen LogP contribution in [0.5, 0.6) is 0 Å². The number of thioether (sulfide) groups is 1. The normalized spacial score (nSPS) is 28.7. The molecule has 132 valence electrons. The van der Waals surface area contributed by atoms with Crippen LogP contribution in [0.3, 0.4) is 0 Å². The van der Waals surface area contributed by atoms with Gasteiger partial charge in [0.05, 0.1) is 0 Å². The fourth-order valence-electron chi connectivity index (χ4n) is 4.58. The quantitative estimate of drug-likeness (QED) is 0.898. The van der Waals surface area contributed by atoms with Crippen molar-refractivity contribution in [3.63, 3.8) is 0 Å². The summed E-state index contributed by atoms with van der Waals surface area (Å²) in [4.78, 5) is 5.29. The van der Waals surface area contributed by atoms with Crippen LogP contribution in [0.4, 0.5) is 5.69 Å². The van der Waals surface area contributed by atoms with Crippen molar-refractivity contribution in [3.8, 4) is 0 Å². The first kappa shape index (κ1) is 16.7. The van der Waals surface area contributed by atoms with E-state index in [1.165, 1.54) is 80.2 Å². The molecule has 3 nitrogen and oxygen atoms in total. The maximum absolute atomic E-state index is 3.85. The van der Waals surface area contributed by atoms with Crippen molar-refractivity contribution in [1.29, 1.82) is 0 Å².